The van der Waals surface area contributed by atoms with Gasteiger partial charge in [-0.3, -0.25) is 0 Å². The molecular formula is C18H20O2. The number of aliphatic hydroxyl groups excluding tert-OH is 1. The Morgan fingerprint density at radius 1 is 1.15 bits per heavy atom. The Labute approximate surface area is 120 Å². The van der Waals surface area contributed by atoms with Gasteiger partial charge in [-0.2, -0.15) is 0 Å². The summed E-state index contributed by atoms with van der Waals surface area (Å²) in [6.07, 6.45) is 2.63. The van der Waals surface area contributed by atoms with Crippen LogP contribution in [0.1, 0.15) is 29.2 Å². The van der Waals surface area contributed by atoms with Gasteiger partial charge >= 0.3 is 0 Å². The minimum atomic E-state index is -0.355. The van der Waals surface area contributed by atoms with E-state index >= 15 is 0 Å². The second-order valence-electron chi connectivity index (χ2n) is 5.50. The van der Waals surface area contributed by atoms with Crippen molar-refractivity contribution < 1.29 is 9.84 Å². The van der Waals surface area contributed by atoms with Crippen molar-refractivity contribution in [2.75, 3.05) is 7.11 Å². The molecule has 1 N–H and O–H groups in total. The van der Waals surface area contributed by atoms with E-state index in [1.54, 1.807) is 7.11 Å². The Kier molecular flexibility index (Phi) is 3.75. The smallest absolute Gasteiger partial charge is 0.119 e. The van der Waals surface area contributed by atoms with E-state index in [2.05, 4.69) is 24.3 Å². The lowest BCUT2D eigenvalue weighted by Crippen LogP contribution is -2.22. The molecule has 0 bridgehead atoms. The third kappa shape index (κ3) is 2.56. The van der Waals surface area contributed by atoms with Crippen LogP contribution in [0.25, 0.3) is 0 Å². The van der Waals surface area contributed by atoms with Crippen molar-refractivity contribution >= 4 is 0 Å². The van der Waals surface area contributed by atoms with Crippen LogP contribution in [0.15, 0.2) is 48.5 Å². The van der Waals surface area contributed by atoms with Gasteiger partial charge in [-0.25, -0.2) is 0 Å². The molecule has 2 heteroatoms. The maximum absolute atomic E-state index is 10.6. The number of aryl methyl sites for hydroxylation is 1. The zero-order valence-corrected chi connectivity index (χ0v) is 11.8. The first-order valence-electron chi connectivity index (χ1n) is 7.16. The first-order chi connectivity index (χ1) is 9.78. The number of aliphatic hydroxyl groups is 1. The van der Waals surface area contributed by atoms with Gasteiger partial charge < -0.3 is 9.84 Å². The first kappa shape index (κ1) is 13.2. The lowest BCUT2D eigenvalue weighted by Gasteiger charge is -2.30. The van der Waals surface area contributed by atoms with E-state index in [1.165, 1.54) is 11.1 Å². The molecule has 0 amide bonds. The van der Waals surface area contributed by atoms with Crippen molar-refractivity contribution in [1.29, 1.82) is 0 Å². The van der Waals surface area contributed by atoms with Gasteiger partial charge in [0.25, 0.3) is 0 Å². The van der Waals surface area contributed by atoms with E-state index in [4.69, 9.17) is 4.74 Å². The number of hydrogen-bond acceptors (Lipinski definition) is 2. The van der Waals surface area contributed by atoms with Crippen LogP contribution in [0.2, 0.25) is 0 Å². The van der Waals surface area contributed by atoms with E-state index in [1.807, 2.05) is 24.3 Å². The highest BCUT2D eigenvalue weighted by Crippen LogP contribution is 2.36. The molecule has 2 aromatic carbocycles. The molecule has 0 aromatic heterocycles. The Hall–Kier alpha value is -1.80. The molecule has 0 heterocycles. The average Bonchev–Trinajstić information content (AvgIpc) is 2.50. The lowest BCUT2D eigenvalue weighted by molar-refractivity contribution is 0.0936. The highest BCUT2D eigenvalue weighted by molar-refractivity contribution is 5.33. The van der Waals surface area contributed by atoms with E-state index in [-0.39, 0.29) is 12.0 Å². The molecule has 0 aliphatic heterocycles. The van der Waals surface area contributed by atoms with Crippen molar-refractivity contribution in [3.05, 3.63) is 65.2 Å². The Bertz CT molecular complexity index is 591. The Morgan fingerprint density at radius 3 is 2.85 bits per heavy atom. The monoisotopic (exact) mass is 268 g/mol. The van der Waals surface area contributed by atoms with Crippen LogP contribution in [0.4, 0.5) is 0 Å². The average molecular weight is 268 g/mol. The predicted octanol–water partition coefficient (Wildman–Crippen LogP) is 3.53. The number of benzene rings is 2. The summed E-state index contributed by atoms with van der Waals surface area (Å²) in [5, 5.41) is 10.6. The topological polar surface area (TPSA) is 29.5 Å². The largest absolute Gasteiger partial charge is 0.497 e. The van der Waals surface area contributed by atoms with Gasteiger partial charge in [-0.15, -0.1) is 0 Å². The molecule has 2 nitrogen and oxygen atoms in total. The van der Waals surface area contributed by atoms with Crippen LogP contribution in [-0.4, -0.2) is 12.2 Å². The molecule has 20 heavy (non-hydrogen) atoms. The fourth-order valence-electron chi connectivity index (χ4n) is 3.12. The molecule has 0 fully saturated rings. The molecule has 0 spiro atoms. The molecule has 2 unspecified atom stereocenters. The van der Waals surface area contributed by atoms with Gasteiger partial charge in [0.15, 0.2) is 0 Å². The van der Waals surface area contributed by atoms with E-state index in [0.29, 0.717) is 0 Å². The second-order valence-corrected chi connectivity index (χ2v) is 5.50. The van der Waals surface area contributed by atoms with Crippen LogP contribution in [0.5, 0.6) is 5.75 Å². The fourth-order valence-corrected chi connectivity index (χ4v) is 3.12. The molecule has 0 saturated carbocycles. The van der Waals surface area contributed by atoms with Crippen molar-refractivity contribution in [2.24, 2.45) is 5.92 Å². The summed E-state index contributed by atoms with van der Waals surface area (Å²) in [5.74, 6) is 1.17. The zero-order valence-electron chi connectivity index (χ0n) is 11.8. The van der Waals surface area contributed by atoms with Gasteiger partial charge in [0, 0.05) is 0 Å². The van der Waals surface area contributed by atoms with Gasteiger partial charge in [0.1, 0.15) is 5.75 Å². The summed E-state index contributed by atoms with van der Waals surface area (Å²) >= 11 is 0. The highest BCUT2D eigenvalue weighted by Gasteiger charge is 2.27. The minimum absolute atomic E-state index is 0.289. The van der Waals surface area contributed by atoms with Crippen LogP contribution >= 0.6 is 0 Å². The maximum atomic E-state index is 10.6. The van der Waals surface area contributed by atoms with Gasteiger partial charge in [-0.05, 0) is 54.0 Å². The summed E-state index contributed by atoms with van der Waals surface area (Å²) in [5.41, 5.74) is 3.63. The van der Waals surface area contributed by atoms with Crippen molar-refractivity contribution in [2.45, 2.75) is 25.4 Å². The van der Waals surface area contributed by atoms with Gasteiger partial charge in [0.2, 0.25) is 0 Å². The lowest BCUT2D eigenvalue weighted by atomic mass is 9.78. The third-order valence-corrected chi connectivity index (χ3v) is 4.24. The van der Waals surface area contributed by atoms with E-state index in [9.17, 15) is 5.11 Å². The third-order valence-electron chi connectivity index (χ3n) is 4.24. The van der Waals surface area contributed by atoms with Crippen LogP contribution in [0, 0.1) is 5.92 Å². The quantitative estimate of drug-likeness (QED) is 0.922. The summed E-state index contributed by atoms with van der Waals surface area (Å²) in [4.78, 5) is 0. The second kappa shape index (κ2) is 5.68. The number of fused-ring (bicyclic) bond motifs is 1. The number of methoxy groups -OCH3 is 1. The van der Waals surface area contributed by atoms with E-state index < -0.39 is 0 Å². The molecule has 3 rings (SSSR count). The van der Waals surface area contributed by atoms with Gasteiger partial charge in [-0.1, -0.05) is 36.4 Å². The molecular weight excluding hydrogens is 248 g/mol. The van der Waals surface area contributed by atoms with Crippen molar-refractivity contribution in [3.8, 4) is 5.75 Å². The van der Waals surface area contributed by atoms with E-state index in [0.717, 1.165) is 30.6 Å². The SMILES string of the molecule is COc1cccc(CC2CCc3ccccc3C2O)c1. The zero-order chi connectivity index (χ0) is 13.9. The van der Waals surface area contributed by atoms with Crippen LogP contribution < -0.4 is 4.74 Å². The molecule has 1 aliphatic carbocycles. The summed E-state index contributed by atoms with van der Waals surface area (Å²) in [6.45, 7) is 0. The molecule has 2 atom stereocenters. The minimum Gasteiger partial charge on any atom is -0.497 e. The normalized spacial score (nSPS) is 21.3. The molecule has 1 aliphatic rings. The maximum Gasteiger partial charge on any atom is 0.119 e. The molecule has 2 aromatic rings. The molecule has 0 radical (unpaired) electrons. The summed E-state index contributed by atoms with van der Waals surface area (Å²) < 4.78 is 5.26. The van der Waals surface area contributed by atoms with Crippen molar-refractivity contribution in [1.82, 2.24) is 0 Å². The summed E-state index contributed by atoms with van der Waals surface area (Å²) in [7, 11) is 1.69. The summed E-state index contributed by atoms with van der Waals surface area (Å²) in [6, 6.07) is 16.4. The highest BCUT2D eigenvalue weighted by atomic mass is 16.5. The standard InChI is InChI=1S/C18H20O2/c1-20-16-7-4-5-13(12-16)11-15-10-9-14-6-2-3-8-17(14)18(15)19/h2-8,12,15,18-19H,9-11H2,1H3. The van der Waals surface area contributed by atoms with Crippen LogP contribution in [0.3, 0.4) is 0 Å². The van der Waals surface area contributed by atoms with Crippen molar-refractivity contribution in [3.63, 3.8) is 0 Å². The first-order valence-corrected chi connectivity index (χ1v) is 7.16. The number of hydrogen-bond donors (Lipinski definition) is 1. The van der Waals surface area contributed by atoms with Gasteiger partial charge in [0.05, 0.1) is 13.2 Å². The Balaban J connectivity index is 1.79. The fraction of sp³-hybridized carbons (Fsp3) is 0.333. The molecule has 104 valence electrons. The number of rotatable bonds is 3. The molecule has 0 saturated heterocycles. The van der Waals surface area contributed by atoms with Crippen LogP contribution in [-0.2, 0) is 12.8 Å². The number of ether oxygens (including phenoxy) is 1. The predicted molar refractivity (Wildman–Crippen MR) is 79.9 cm³/mol. The Morgan fingerprint density at radius 2 is 2.00 bits per heavy atom.